The molecule has 1 aromatic carbocycles. The van der Waals surface area contributed by atoms with E-state index in [1.54, 1.807) is 20.2 Å². The maximum Gasteiger partial charge on any atom is 0.221 e. The first-order chi connectivity index (χ1) is 9.49. The van der Waals surface area contributed by atoms with Gasteiger partial charge < -0.3 is 20.7 Å². The molecule has 0 bridgehead atoms. The molecule has 0 aliphatic heterocycles. The number of nitrogens with two attached hydrogens (primary N) is 1. The van der Waals surface area contributed by atoms with Gasteiger partial charge >= 0.3 is 0 Å². The van der Waals surface area contributed by atoms with Gasteiger partial charge in [-0.25, -0.2) is 4.39 Å². The Kier molecular flexibility index (Phi) is 6.09. The third-order valence-electron chi connectivity index (χ3n) is 2.91. The molecule has 0 aromatic heterocycles. The first-order valence-corrected chi connectivity index (χ1v) is 6.63. The highest BCUT2D eigenvalue weighted by Crippen LogP contribution is 2.30. The minimum Gasteiger partial charge on any atom is -0.490 e. The van der Waals surface area contributed by atoms with Gasteiger partial charge in [0.2, 0.25) is 5.91 Å². The molecule has 3 N–H and O–H groups in total. The highest BCUT2D eigenvalue weighted by atomic mass is 19.1. The molecule has 0 heterocycles. The number of nitrogens with zero attached hydrogens (tertiary/aromatic N) is 1. The van der Waals surface area contributed by atoms with Gasteiger partial charge in [-0.1, -0.05) is 6.92 Å². The smallest absolute Gasteiger partial charge is 0.221 e. The van der Waals surface area contributed by atoms with E-state index < -0.39 is 5.82 Å². The van der Waals surface area contributed by atoms with E-state index in [2.05, 4.69) is 5.32 Å². The lowest BCUT2D eigenvalue weighted by atomic mass is 10.2. The topological polar surface area (TPSA) is 67.6 Å². The fourth-order valence-electron chi connectivity index (χ4n) is 1.73. The largest absolute Gasteiger partial charge is 0.490 e. The van der Waals surface area contributed by atoms with Gasteiger partial charge in [0.15, 0.2) is 11.6 Å². The second-order valence-corrected chi connectivity index (χ2v) is 4.53. The zero-order valence-electron chi connectivity index (χ0n) is 12.2. The number of nitrogens with one attached hydrogen (secondary N) is 1. The summed E-state index contributed by atoms with van der Waals surface area (Å²) in [6.45, 7) is 2.89. The number of rotatable bonds is 7. The molecule has 0 spiro atoms. The molecular weight excluding hydrogens is 261 g/mol. The summed E-state index contributed by atoms with van der Waals surface area (Å²) >= 11 is 0. The molecule has 0 atom stereocenters. The minimum absolute atomic E-state index is 0.0556. The van der Waals surface area contributed by atoms with E-state index in [4.69, 9.17) is 10.5 Å². The van der Waals surface area contributed by atoms with Crippen LogP contribution in [0.2, 0.25) is 0 Å². The van der Waals surface area contributed by atoms with Crippen LogP contribution in [0.15, 0.2) is 12.1 Å². The zero-order valence-corrected chi connectivity index (χ0v) is 12.2. The molecule has 0 saturated heterocycles. The molecule has 1 rings (SSSR count). The summed E-state index contributed by atoms with van der Waals surface area (Å²) in [6, 6.07) is 2.82. The average Bonchev–Trinajstić information content (AvgIpc) is 2.43. The molecule has 5 nitrogen and oxygen atoms in total. The number of hydrogen-bond donors (Lipinski definition) is 2. The molecule has 0 fully saturated rings. The maximum atomic E-state index is 13.7. The summed E-state index contributed by atoms with van der Waals surface area (Å²) in [6.07, 6.45) is 1.14. The van der Waals surface area contributed by atoms with Crippen LogP contribution in [0, 0.1) is 5.82 Å². The quantitative estimate of drug-likeness (QED) is 0.748. The zero-order chi connectivity index (χ0) is 15.1. The number of carbonyl (C=O) groups excluding carboxylic acids is 1. The Labute approximate surface area is 118 Å². The van der Waals surface area contributed by atoms with Crippen LogP contribution in [-0.4, -0.2) is 33.2 Å². The molecule has 0 radical (unpaired) electrons. The summed E-state index contributed by atoms with van der Waals surface area (Å²) in [5.74, 6) is -0.345. The normalized spacial score (nSPS) is 10.2. The van der Waals surface area contributed by atoms with Crippen molar-refractivity contribution < 1.29 is 13.9 Å². The Balaban J connectivity index is 2.84. The van der Waals surface area contributed by atoms with Gasteiger partial charge in [0.05, 0.1) is 18.0 Å². The Bertz CT molecular complexity index is 466. The molecule has 1 amide bonds. The van der Waals surface area contributed by atoms with Gasteiger partial charge in [0.1, 0.15) is 0 Å². The highest BCUT2D eigenvalue weighted by Gasteiger charge is 2.13. The number of anilines is 2. The van der Waals surface area contributed by atoms with E-state index in [9.17, 15) is 9.18 Å². The van der Waals surface area contributed by atoms with Crippen LogP contribution in [0.3, 0.4) is 0 Å². The molecule has 0 aliphatic rings. The van der Waals surface area contributed by atoms with Crippen LogP contribution in [0.5, 0.6) is 5.75 Å². The second kappa shape index (κ2) is 7.57. The van der Waals surface area contributed by atoms with Crippen molar-refractivity contribution in [3.63, 3.8) is 0 Å². The van der Waals surface area contributed by atoms with Gasteiger partial charge in [-0.15, -0.1) is 0 Å². The van der Waals surface area contributed by atoms with E-state index in [1.807, 2.05) is 11.8 Å². The Hall–Kier alpha value is -1.98. The molecule has 6 heteroatoms. The fourth-order valence-corrected chi connectivity index (χ4v) is 1.73. The SMILES string of the molecule is CCCOc1cc(N(C)CCC(=O)NC)c(N)cc1F. The summed E-state index contributed by atoms with van der Waals surface area (Å²) in [4.78, 5) is 13.0. The molecule has 0 aliphatic carbocycles. The lowest BCUT2D eigenvalue weighted by molar-refractivity contribution is -0.120. The van der Waals surface area contributed by atoms with Gasteiger partial charge in [0, 0.05) is 39.2 Å². The van der Waals surface area contributed by atoms with E-state index in [1.165, 1.54) is 6.07 Å². The molecule has 20 heavy (non-hydrogen) atoms. The van der Waals surface area contributed by atoms with E-state index in [-0.39, 0.29) is 11.7 Å². The summed E-state index contributed by atoms with van der Waals surface area (Å²) in [5, 5.41) is 2.55. The van der Waals surface area contributed by atoms with Crippen molar-refractivity contribution in [2.75, 3.05) is 37.9 Å². The minimum atomic E-state index is -0.473. The Morgan fingerprint density at radius 1 is 1.50 bits per heavy atom. The van der Waals surface area contributed by atoms with E-state index in [0.29, 0.717) is 30.9 Å². The monoisotopic (exact) mass is 283 g/mol. The van der Waals surface area contributed by atoms with Crippen molar-refractivity contribution in [1.82, 2.24) is 5.32 Å². The Morgan fingerprint density at radius 3 is 2.80 bits per heavy atom. The van der Waals surface area contributed by atoms with Crippen molar-refractivity contribution in [2.24, 2.45) is 0 Å². The molecular formula is C14H22FN3O2. The average molecular weight is 283 g/mol. The Morgan fingerprint density at radius 2 is 2.20 bits per heavy atom. The molecule has 0 saturated carbocycles. The predicted octanol–water partition coefficient (Wildman–Crippen LogP) is 1.77. The van der Waals surface area contributed by atoms with Gasteiger partial charge in [0.25, 0.3) is 0 Å². The van der Waals surface area contributed by atoms with Gasteiger partial charge in [-0.05, 0) is 6.42 Å². The number of carbonyl (C=O) groups is 1. The summed E-state index contributed by atoms with van der Waals surface area (Å²) in [5.41, 5.74) is 6.80. The molecule has 112 valence electrons. The van der Waals surface area contributed by atoms with Crippen molar-refractivity contribution in [1.29, 1.82) is 0 Å². The van der Waals surface area contributed by atoms with Crippen LogP contribution in [0.25, 0.3) is 0 Å². The van der Waals surface area contributed by atoms with Crippen molar-refractivity contribution in [3.05, 3.63) is 17.9 Å². The third-order valence-corrected chi connectivity index (χ3v) is 2.91. The molecule has 1 aromatic rings. The lowest BCUT2D eigenvalue weighted by Gasteiger charge is -2.22. The van der Waals surface area contributed by atoms with E-state index >= 15 is 0 Å². The first kappa shape index (κ1) is 16.1. The van der Waals surface area contributed by atoms with Crippen LogP contribution in [0.4, 0.5) is 15.8 Å². The van der Waals surface area contributed by atoms with Crippen LogP contribution in [-0.2, 0) is 4.79 Å². The van der Waals surface area contributed by atoms with Crippen molar-refractivity contribution in [2.45, 2.75) is 19.8 Å². The van der Waals surface area contributed by atoms with Crippen molar-refractivity contribution >= 4 is 17.3 Å². The first-order valence-electron chi connectivity index (χ1n) is 6.63. The number of ether oxygens (including phenoxy) is 1. The van der Waals surface area contributed by atoms with Gasteiger partial charge in [-0.3, -0.25) is 4.79 Å². The van der Waals surface area contributed by atoms with Crippen LogP contribution >= 0.6 is 0 Å². The standard InChI is InChI=1S/C14H22FN3O2/c1-4-7-20-13-9-12(11(16)8-10(13)15)18(3)6-5-14(19)17-2/h8-9H,4-7,16H2,1-3H3,(H,17,19). The van der Waals surface area contributed by atoms with Gasteiger partial charge in [-0.2, -0.15) is 0 Å². The number of halogens is 1. The number of nitrogen functional groups attached to an aromatic ring is 1. The number of amides is 1. The molecule has 0 unspecified atom stereocenters. The van der Waals surface area contributed by atoms with E-state index in [0.717, 1.165) is 6.42 Å². The number of benzene rings is 1. The van der Waals surface area contributed by atoms with Crippen molar-refractivity contribution in [3.8, 4) is 5.75 Å². The summed E-state index contributed by atoms with van der Waals surface area (Å²) in [7, 11) is 3.39. The van der Waals surface area contributed by atoms with Crippen LogP contribution < -0.4 is 20.7 Å². The predicted molar refractivity (Wildman–Crippen MR) is 78.6 cm³/mol. The van der Waals surface area contributed by atoms with Crippen LogP contribution in [0.1, 0.15) is 19.8 Å². The number of hydrogen-bond acceptors (Lipinski definition) is 4. The fraction of sp³-hybridized carbons (Fsp3) is 0.500. The second-order valence-electron chi connectivity index (χ2n) is 4.53. The third kappa shape index (κ3) is 4.29. The lowest BCUT2D eigenvalue weighted by Crippen LogP contribution is -2.26. The highest BCUT2D eigenvalue weighted by molar-refractivity contribution is 5.77. The summed E-state index contributed by atoms with van der Waals surface area (Å²) < 4.78 is 19.0. The maximum absolute atomic E-state index is 13.7.